The van der Waals surface area contributed by atoms with Gasteiger partial charge in [0.15, 0.2) is 0 Å². The van der Waals surface area contributed by atoms with Gasteiger partial charge in [0.05, 0.1) is 9.40 Å². The van der Waals surface area contributed by atoms with E-state index in [2.05, 4.69) is 196 Å². The molecular formula is C57H36S2. The lowest BCUT2D eigenvalue weighted by Crippen LogP contribution is -2.15. The molecule has 2 heterocycles. The van der Waals surface area contributed by atoms with Crippen molar-refractivity contribution < 1.29 is 0 Å². The number of rotatable bonds is 3. The van der Waals surface area contributed by atoms with Crippen LogP contribution in [0.5, 0.6) is 0 Å². The normalized spacial score (nSPS) is 13.4. The maximum atomic E-state index is 2.50. The van der Waals surface area contributed by atoms with Crippen LogP contribution < -0.4 is 0 Å². The van der Waals surface area contributed by atoms with Gasteiger partial charge in [0.25, 0.3) is 0 Å². The second-order valence-electron chi connectivity index (χ2n) is 16.7. The molecule has 2 aromatic heterocycles. The Labute approximate surface area is 350 Å². The highest BCUT2D eigenvalue weighted by Crippen LogP contribution is 2.53. The number of benzene rings is 10. The zero-order valence-electron chi connectivity index (χ0n) is 32.6. The van der Waals surface area contributed by atoms with Crippen molar-refractivity contribution in [2.45, 2.75) is 19.3 Å². The van der Waals surface area contributed by atoms with E-state index >= 15 is 0 Å². The predicted octanol–water partition coefficient (Wildman–Crippen LogP) is 17.2. The molecule has 0 N–H and O–H groups in total. The lowest BCUT2D eigenvalue weighted by molar-refractivity contribution is 0.660. The van der Waals surface area contributed by atoms with Gasteiger partial charge in [-0.3, -0.25) is 0 Å². The average Bonchev–Trinajstić information content (AvgIpc) is 3.93. The SMILES string of the molecule is CC1(C)c2ccc(-c3cccc4c3sc3c4ccc4c5ccccc5sc43)cc2-c2ccc(-c3c4ccccc4c(-c4cccc5ccccc45)c4ccccc34)cc21. The third-order valence-corrected chi connectivity index (χ3v) is 15.9. The second kappa shape index (κ2) is 12.2. The molecule has 276 valence electrons. The summed E-state index contributed by atoms with van der Waals surface area (Å²) in [5.74, 6) is 0. The molecule has 0 fully saturated rings. The maximum Gasteiger partial charge on any atom is 0.0534 e. The fourth-order valence-electron chi connectivity index (χ4n) is 10.5. The largest absolute Gasteiger partial charge is 0.134 e. The van der Waals surface area contributed by atoms with Crippen LogP contribution in [-0.2, 0) is 5.41 Å². The molecule has 1 aliphatic rings. The molecule has 10 aromatic carbocycles. The number of fused-ring (bicyclic) bond motifs is 13. The van der Waals surface area contributed by atoms with Gasteiger partial charge in [-0.1, -0.05) is 178 Å². The first-order valence-electron chi connectivity index (χ1n) is 20.5. The van der Waals surface area contributed by atoms with Crippen LogP contribution >= 0.6 is 22.7 Å². The molecule has 0 aliphatic heterocycles. The molecule has 12 aromatic rings. The summed E-state index contributed by atoms with van der Waals surface area (Å²) < 4.78 is 5.53. The van der Waals surface area contributed by atoms with Crippen molar-refractivity contribution >= 4 is 95.3 Å². The van der Waals surface area contributed by atoms with Crippen molar-refractivity contribution in [3.8, 4) is 44.5 Å². The monoisotopic (exact) mass is 784 g/mol. The van der Waals surface area contributed by atoms with Crippen LogP contribution in [0.25, 0.3) is 117 Å². The van der Waals surface area contributed by atoms with Gasteiger partial charge in [-0.25, -0.2) is 0 Å². The summed E-state index contributed by atoms with van der Waals surface area (Å²) in [6, 6.07) is 68.5. The van der Waals surface area contributed by atoms with Crippen LogP contribution in [0.4, 0.5) is 0 Å². The quantitative estimate of drug-likeness (QED) is 0.157. The van der Waals surface area contributed by atoms with Gasteiger partial charge in [-0.2, -0.15) is 0 Å². The van der Waals surface area contributed by atoms with E-state index in [4.69, 9.17) is 0 Å². The highest BCUT2D eigenvalue weighted by atomic mass is 32.1. The highest BCUT2D eigenvalue weighted by Gasteiger charge is 2.36. The molecule has 1 aliphatic carbocycles. The fourth-order valence-corrected chi connectivity index (χ4v) is 13.2. The predicted molar refractivity (Wildman–Crippen MR) is 259 cm³/mol. The van der Waals surface area contributed by atoms with E-state index in [1.54, 1.807) is 0 Å². The van der Waals surface area contributed by atoms with E-state index in [0.717, 1.165) is 0 Å². The highest BCUT2D eigenvalue weighted by molar-refractivity contribution is 7.33. The summed E-state index contributed by atoms with van der Waals surface area (Å²) in [7, 11) is 0. The van der Waals surface area contributed by atoms with Crippen LogP contribution in [0.15, 0.2) is 182 Å². The van der Waals surface area contributed by atoms with E-state index < -0.39 is 0 Å². The molecule has 0 nitrogen and oxygen atoms in total. The molecular weight excluding hydrogens is 749 g/mol. The van der Waals surface area contributed by atoms with E-state index in [9.17, 15) is 0 Å². The minimum absolute atomic E-state index is 0.149. The first kappa shape index (κ1) is 33.4. The molecule has 59 heavy (non-hydrogen) atoms. The molecule has 0 spiro atoms. The van der Waals surface area contributed by atoms with Crippen molar-refractivity contribution in [1.29, 1.82) is 0 Å². The molecule has 0 atom stereocenters. The Morgan fingerprint density at radius 2 is 0.881 bits per heavy atom. The van der Waals surface area contributed by atoms with Crippen molar-refractivity contribution in [3.63, 3.8) is 0 Å². The van der Waals surface area contributed by atoms with Crippen molar-refractivity contribution in [2.24, 2.45) is 0 Å². The minimum Gasteiger partial charge on any atom is -0.134 e. The van der Waals surface area contributed by atoms with E-state index in [1.165, 1.54) is 128 Å². The summed E-state index contributed by atoms with van der Waals surface area (Å²) in [4.78, 5) is 0. The topological polar surface area (TPSA) is 0 Å². The van der Waals surface area contributed by atoms with Crippen LogP contribution in [0, 0.1) is 0 Å². The average molecular weight is 785 g/mol. The van der Waals surface area contributed by atoms with Crippen molar-refractivity contribution in [1.82, 2.24) is 0 Å². The van der Waals surface area contributed by atoms with Gasteiger partial charge in [0.1, 0.15) is 0 Å². The maximum absolute atomic E-state index is 2.50. The Balaban J connectivity index is 0.983. The van der Waals surface area contributed by atoms with Crippen LogP contribution in [0.1, 0.15) is 25.0 Å². The van der Waals surface area contributed by atoms with Gasteiger partial charge in [-0.15, -0.1) is 22.7 Å². The van der Waals surface area contributed by atoms with Gasteiger partial charge < -0.3 is 0 Å². The molecule has 0 bridgehead atoms. The number of hydrogen-bond donors (Lipinski definition) is 0. The molecule has 0 unspecified atom stereocenters. The van der Waals surface area contributed by atoms with Gasteiger partial charge in [0, 0.05) is 36.4 Å². The minimum atomic E-state index is -0.149. The summed E-state index contributed by atoms with van der Waals surface area (Å²) in [5.41, 5.74) is 13.1. The first-order valence-corrected chi connectivity index (χ1v) is 22.1. The summed E-state index contributed by atoms with van der Waals surface area (Å²) >= 11 is 3.89. The van der Waals surface area contributed by atoms with Crippen LogP contribution in [-0.4, -0.2) is 0 Å². The molecule has 2 heteroatoms. The lowest BCUT2D eigenvalue weighted by Gasteiger charge is -2.23. The third kappa shape index (κ3) is 4.65. The Morgan fingerprint density at radius 3 is 1.66 bits per heavy atom. The Morgan fingerprint density at radius 1 is 0.322 bits per heavy atom. The molecule has 0 saturated heterocycles. The Bertz CT molecular complexity index is 3700. The number of thiophene rings is 2. The van der Waals surface area contributed by atoms with Crippen LogP contribution in [0.2, 0.25) is 0 Å². The second-order valence-corrected chi connectivity index (χ2v) is 18.8. The molecule has 0 saturated carbocycles. The van der Waals surface area contributed by atoms with E-state index in [0.29, 0.717) is 0 Å². The molecule has 0 amide bonds. The van der Waals surface area contributed by atoms with E-state index in [1.807, 2.05) is 22.7 Å². The smallest absolute Gasteiger partial charge is 0.0534 e. The summed E-state index contributed by atoms with van der Waals surface area (Å²) in [6.07, 6.45) is 0. The third-order valence-electron chi connectivity index (χ3n) is 13.3. The Hall–Kier alpha value is -6.58. The molecule has 13 rings (SSSR count). The zero-order valence-corrected chi connectivity index (χ0v) is 34.3. The van der Waals surface area contributed by atoms with Crippen LogP contribution in [0.3, 0.4) is 0 Å². The molecule has 0 radical (unpaired) electrons. The summed E-state index contributed by atoms with van der Waals surface area (Å²) in [5, 5.41) is 13.1. The Kier molecular flexibility index (Phi) is 6.92. The summed E-state index contributed by atoms with van der Waals surface area (Å²) in [6.45, 7) is 4.81. The fraction of sp³-hybridized carbons (Fsp3) is 0.0526. The standard InChI is InChI=1S/C57H36S2/c1-57(2)49-30-26-34(37-21-12-23-45-47-29-28-46-39-16-9-10-24-51(39)58-55(46)56(47)59-54(37)45)31-48(49)38-27-25-35(32-50(38)57)52-41-17-5-7-19-43(41)53(44-20-8-6-18-42(44)52)40-22-11-14-33-13-3-4-15-36(33)40/h3-32H,1-2H3. The van der Waals surface area contributed by atoms with Crippen molar-refractivity contribution in [2.75, 3.05) is 0 Å². The van der Waals surface area contributed by atoms with Gasteiger partial charge >= 0.3 is 0 Å². The number of hydrogen-bond acceptors (Lipinski definition) is 2. The lowest BCUT2D eigenvalue weighted by atomic mass is 9.80. The van der Waals surface area contributed by atoms with E-state index in [-0.39, 0.29) is 5.41 Å². The van der Waals surface area contributed by atoms with Gasteiger partial charge in [-0.05, 0) is 106 Å². The zero-order chi connectivity index (χ0) is 39.0. The first-order chi connectivity index (χ1) is 29.0. The van der Waals surface area contributed by atoms with Gasteiger partial charge in [0.2, 0.25) is 0 Å². The van der Waals surface area contributed by atoms with Crippen molar-refractivity contribution in [3.05, 3.63) is 193 Å².